The molecular formula is C15H20N2. The maximum absolute atomic E-state index is 3.48. The normalized spacial score (nSPS) is 12.4. The van der Waals surface area contributed by atoms with Crippen LogP contribution in [0.15, 0.2) is 42.5 Å². The van der Waals surface area contributed by atoms with Crippen LogP contribution in [0.5, 0.6) is 0 Å². The van der Waals surface area contributed by atoms with Crippen LogP contribution in [0.4, 0.5) is 0 Å². The first-order valence-electron chi connectivity index (χ1n) is 6.12. The molecule has 2 nitrogen and oxygen atoms in total. The van der Waals surface area contributed by atoms with Gasteiger partial charge in [0.25, 0.3) is 0 Å². The quantitative estimate of drug-likeness (QED) is 0.848. The molecule has 1 atom stereocenters. The average molecular weight is 228 g/mol. The fourth-order valence-electron chi connectivity index (χ4n) is 2.05. The number of aryl methyl sites for hydroxylation is 2. The van der Waals surface area contributed by atoms with Crippen molar-refractivity contribution in [3.05, 3.63) is 59.4 Å². The highest BCUT2D eigenvalue weighted by Crippen LogP contribution is 2.14. The molecule has 0 bridgehead atoms. The lowest BCUT2D eigenvalue weighted by molar-refractivity contribution is 0.707. The molecule has 1 aromatic carbocycles. The molecule has 1 aromatic heterocycles. The van der Waals surface area contributed by atoms with E-state index >= 15 is 0 Å². The zero-order valence-electron chi connectivity index (χ0n) is 10.8. The molecule has 0 saturated heterocycles. The second-order valence-corrected chi connectivity index (χ2v) is 4.63. The zero-order valence-corrected chi connectivity index (χ0v) is 10.8. The second kappa shape index (κ2) is 5.09. The number of nitrogens with zero attached hydrogens (tertiary/aromatic N) is 1. The number of hydrogen-bond donors (Lipinski definition) is 1. The molecule has 2 aromatic rings. The van der Waals surface area contributed by atoms with Crippen molar-refractivity contribution in [1.82, 2.24) is 4.68 Å². The van der Waals surface area contributed by atoms with Gasteiger partial charge in [0.2, 0.25) is 0 Å². The molecule has 90 valence electrons. The Bertz CT molecular complexity index is 451. The summed E-state index contributed by atoms with van der Waals surface area (Å²) in [7, 11) is 0. The molecule has 0 aliphatic carbocycles. The predicted molar refractivity (Wildman–Crippen MR) is 73.0 cm³/mol. The number of nitrogens with one attached hydrogen (secondary N) is 1. The van der Waals surface area contributed by atoms with Crippen LogP contribution in [-0.4, -0.2) is 11.2 Å². The lowest BCUT2D eigenvalue weighted by Crippen LogP contribution is -2.21. The lowest BCUT2D eigenvalue weighted by Gasteiger charge is -2.17. The summed E-state index contributed by atoms with van der Waals surface area (Å²) in [6.45, 7) is 7.43. The highest BCUT2D eigenvalue weighted by Gasteiger charge is 2.06. The summed E-state index contributed by atoms with van der Waals surface area (Å²) in [5.41, 5.74) is 7.36. The number of aromatic nitrogens is 1. The van der Waals surface area contributed by atoms with Gasteiger partial charge in [-0.1, -0.05) is 37.3 Å². The molecule has 1 unspecified atom stereocenters. The molecule has 1 heterocycles. The van der Waals surface area contributed by atoms with Gasteiger partial charge in [-0.2, -0.15) is 0 Å². The predicted octanol–water partition coefficient (Wildman–Crippen LogP) is 3.45. The van der Waals surface area contributed by atoms with Crippen LogP contribution in [0.2, 0.25) is 0 Å². The van der Waals surface area contributed by atoms with E-state index in [-0.39, 0.29) is 0 Å². The van der Waals surface area contributed by atoms with Crippen molar-refractivity contribution in [1.29, 1.82) is 0 Å². The first-order valence-corrected chi connectivity index (χ1v) is 6.12. The van der Waals surface area contributed by atoms with E-state index < -0.39 is 0 Å². The smallest absolute Gasteiger partial charge is 0.0380 e. The Labute approximate surface area is 103 Å². The largest absolute Gasteiger partial charge is 0.325 e. The van der Waals surface area contributed by atoms with E-state index in [0.29, 0.717) is 5.92 Å². The van der Waals surface area contributed by atoms with Crippen LogP contribution in [0.1, 0.15) is 29.8 Å². The van der Waals surface area contributed by atoms with Crippen LogP contribution in [-0.2, 0) is 0 Å². The van der Waals surface area contributed by atoms with Gasteiger partial charge in [0.15, 0.2) is 0 Å². The summed E-state index contributed by atoms with van der Waals surface area (Å²) < 4.78 is 2.15. The number of hydrogen-bond acceptors (Lipinski definition) is 1. The van der Waals surface area contributed by atoms with Gasteiger partial charge in [0, 0.05) is 17.9 Å². The third-order valence-corrected chi connectivity index (χ3v) is 3.20. The van der Waals surface area contributed by atoms with E-state index in [0.717, 1.165) is 6.54 Å². The summed E-state index contributed by atoms with van der Waals surface area (Å²) in [4.78, 5) is 0. The maximum Gasteiger partial charge on any atom is 0.0380 e. The van der Waals surface area contributed by atoms with Crippen molar-refractivity contribution < 1.29 is 0 Å². The van der Waals surface area contributed by atoms with Crippen LogP contribution in [0.3, 0.4) is 0 Å². The molecule has 0 spiro atoms. The highest BCUT2D eigenvalue weighted by molar-refractivity contribution is 5.20. The number of rotatable bonds is 4. The van der Waals surface area contributed by atoms with Gasteiger partial charge < -0.3 is 5.43 Å². The molecule has 17 heavy (non-hydrogen) atoms. The van der Waals surface area contributed by atoms with Crippen molar-refractivity contribution >= 4 is 0 Å². The van der Waals surface area contributed by atoms with Crippen LogP contribution in [0.25, 0.3) is 0 Å². The minimum Gasteiger partial charge on any atom is -0.325 e. The van der Waals surface area contributed by atoms with Crippen molar-refractivity contribution in [2.24, 2.45) is 0 Å². The Balaban J connectivity index is 1.99. The Kier molecular flexibility index (Phi) is 3.52. The summed E-state index contributed by atoms with van der Waals surface area (Å²) >= 11 is 0. The van der Waals surface area contributed by atoms with Crippen molar-refractivity contribution in [3.63, 3.8) is 0 Å². The van der Waals surface area contributed by atoms with Gasteiger partial charge in [-0.25, -0.2) is 0 Å². The third kappa shape index (κ3) is 2.70. The number of benzene rings is 1. The Hall–Kier alpha value is -1.70. The fraction of sp³-hybridized carbons (Fsp3) is 0.333. The highest BCUT2D eigenvalue weighted by atomic mass is 15.4. The fourth-order valence-corrected chi connectivity index (χ4v) is 2.05. The van der Waals surface area contributed by atoms with E-state index in [4.69, 9.17) is 0 Å². The topological polar surface area (TPSA) is 17.0 Å². The molecule has 0 aliphatic heterocycles. The van der Waals surface area contributed by atoms with Crippen molar-refractivity contribution in [3.8, 4) is 0 Å². The Morgan fingerprint density at radius 3 is 2.18 bits per heavy atom. The van der Waals surface area contributed by atoms with Crippen molar-refractivity contribution in [2.75, 3.05) is 12.0 Å². The monoisotopic (exact) mass is 228 g/mol. The van der Waals surface area contributed by atoms with Crippen LogP contribution < -0.4 is 5.43 Å². The SMILES string of the molecule is Cc1ccc(C)n1NCC(C)c1ccccc1. The molecule has 2 rings (SSSR count). The van der Waals surface area contributed by atoms with E-state index in [9.17, 15) is 0 Å². The third-order valence-electron chi connectivity index (χ3n) is 3.20. The van der Waals surface area contributed by atoms with Gasteiger partial charge in [0.1, 0.15) is 0 Å². The molecule has 0 aliphatic rings. The maximum atomic E-state index is 3.48. The minimum absolute atomic E-state index is 0.511. The molecule has 0 fully saturated rings. The van der Waals surface area contributed by atoms with Gasteiger partial charge in [-0.05, 0) is 37.5 Å². The van der Waals surface area contributed by atoms with E-state index in [1.807, 2.05) is 0 Å². The summed E-state index contributed by atoms with van der Waals surface area (Å²) in [6.07, 6.45) is 0. The van der Waals surface area contributed by atoms with E-state index in [1.165, 1.54) is 17.0 Å². The summed E-state index contributed by atoms with van der Waals surface area (Å²) in [5, 5.41) is 0. The Morgan fingerprint density at radius 2 is 1.59 bits per heavy atom. The molecule has 2 heteroatoms. The minimum atomic E-state index is 0.511. The van der Waals surface area contributed by atoms with Gasteiger partial charge >= 0.3 is 0 Å². The molecular weight excluding hydrogens is 208 g/mol. The zero-order chi connectivity index (χ0) is 12.3. The molecule has 0 saturated carbocycles. The summed E-state index contributed by atoms with van der Waals surface area (Å²) in [5.74, 6) is 0.511. The van der Waals surface area contributed by atoms with E-state index in [2.05, 4.69) is 73.3 Å². The molecule has 0 amide bonds. The van der Waals surface area contributed by atoms with Gasteiger partial charge in [-0.3, -0.25) is 4.68 Å². The van der Waals surface area contributed by atoms with Crippen LogP contribution >= 0.6 is 0 Å². The first kappa shape index (κ1) is 11.8. The van der Waals surface area contributed by atoms with E-state index in [1.54, 1.807) is 0 Å². The Morgan fingerprint density at radius 1 is 1.00 bits per heavy atom. The first-order chi connectivity index (χ1) is 8.18. The van der Waals surface area contributed by atoms with Crippen LogP contribution in [0, 0.1) is 13.8 Å². The molecule has 0 radical (unpaired) electrons. The lowest BCUT2D eigenvalue weighted by atomic mass is 10.0. The van der Waals surface area contributed by atoms with Gasteiger partial charge in [-0.15, -0.1) is 0 Å². The average Bonchev–Trinajstić information content (AvgIpc) is 2.67. The van der Waals surface area contributed by atoms with Gasteiger partial charge in [0.05, 0.1) is 0 Å². The standard InChI is InChI=1S/C15H20N2/c1-12(15-7-5-4-6-8-15)11-16-17-13(2)9-10-14(17)3/h4-10,12,16H,11H2,1-3H3. The van der Waals surface area contributed by atoms with Crippen molar-refractivity contribution in [2.45, 2.75) is 26.7 Å². The second-order valence-electron chi connectivity index (χ2n) is 4.63. The summed E-state index contributed by atoms with van der Waals surface area (Å²) in [6, 6.07) is 14.9. The molecule has 1 N–H and O–H groups in total.